The van der Waals surface area contributed by atoms with Crippen molar-refractivity contribution in [2.45, 2.75) is 36.9 Å². The fourth-order valence-electron chi connectivity index (χ4n) is 2.78. The molecule has 1 aliphatic rings. The second-order valence-electron chi connectivity index (χ2n) is 5.90. The monoisotopic (exact) mass is 350 g/mol. The Bertz CT molecular complexity index is 745. The third kappa shape index (κ3) is 4.13. The van der Waals surface area contributed by atoms with E-state index in [1.54, 1.807) is 6.07 Å². The molecule has 23 heavy (non-hydrogen) atoms. The quantitative estimate of drug-likeness (QED) is 0.897. The maximum absolute atomic E-state index is 12.2. The van der Waals surface area contributed by atoms with E-state index in [0.29, 0.717) is 10.8 Å². The summed E-state index contributed by atoms with van der Waals surface area (Å²) >= 11 is 1.29. The number of hydrogen-bond donors (Lipinski definition) is 1. The molecule has 0 radical (unpaired) electrons. The number of aryl methyl sites for hydroxylation is 1. The van der Waals surface area contributed by atoms with Crippen LogP contribution in [-0.2, 0) is 16.6 Å². The van der Waals surface area contributed by atoms with Crippen molar-refractivity contribution in [1.82, 2.24) is 4.72 Å². The number of piperidine rings is 1. The van der Waals surface area contributed by atoms with Gasteiger partial charge in [-0.2, -0.15) is 0 Å². The average molecular weight is 351 g/mol. The smallest absolute Gasteiger partial charge is 0.250 e. The fraction of sp³-hybridized carbons (Fsp3) is 0.412. The molecule has 0 atom stereocenters. The van der Waals surface area contributed by atoms with Gasteiger partial charge in [0.1, 0.15) is 4.21 Å². The van der Waals surface area contributed by atoms with Gasteiger partial charge < -0.3 is 4.90 Å². The Kier molecular flexibility index (Phi) is 5.04. The van der Waals surface area contributed by atoms with Crippen LogP contribution >= 0.6 is 11.3 Å². The van der Waals surface area contributed by atoms with Gasteiger partial charge in [-0.05, 0) is 56.0 Å². The second kappa shape index (κ2) is 7.03. The minimum Gasteiger partial charge on any atom is -0.372 e. The van der Waals surface area contributed by atoms with E-state index in [4.69, 9.17) is 0 Å². The molecule has 0 unspecified atom stereocenters. The molecule has 0 spiro atoms. The highest BCUT2D eigenvalue weighted by atomic mass is 32.2. The molecule has 1 N–H and O–H groups in total. The number of rotatable bonds is 5. The van der Waals surface area contributed by atoms with Crippen LogP contribution in [0.3, 0.4) is 0 Å². The van der Waals surface area contributed by atoms with E-state index in [1.165, 1.54) is 36.3 Å². The van der Waals surface area contributed by atoms with Gasteiger partial charge in [0.2, 0.25) is 10.0 Å². The first kappa shape index (κ1) is 16.5. The van der Waals surface area contributed by atoms with Crippen LogP contribution in [0.4, 0.5) is 5.69 Å². The van der Waals surface area contributed by atoms with E-state index in [-0.39, 0.29) is 0 Å². The lowest BCUT2D eigenvalue weighted by atomic mass is 10.1. The Hall–Kier alpha value is -1.37. The molecular weight excluding hydrogens is 328 g/mol. The first-order valence-corrected chi connectivity index (χ1v) is 10.2. The molecule has 6 heteroatoms. The van der Waals surface area contributed by atoms with Gasteiger partial charge in [-0.15, -0.1) is 11.3 Å². The lowest BCUT2D eigenvalue weighted by Crippen LogP contribution is -2.29. The van der Waals surface area contributed by atoms with Gasteiger partial charge in [-0.1, -0.05) is 12.1 Å². The van der Waals surface area contributed by atoms with Crippen LogP contribution in [0.2, 0.25) is 0 Å². The van der Waals surface area contributed by atoms with E-state index in [9.17, 15) is 8.42 Å². The van der Waals surface area contributed by atoms with Crippen LogP contribution in [0.15, 0.2) is 40.6 Å². The molecule has 3 rings (SSSR count). The first-order valence-electron chi connectivity index (χ1n) is 7.95. The van der Waals surface area contributed by atoms with Gasteiger partial charge in [0.25, 0.3) is 0 Å². The summed E-state index contributed by atoms with van der Waals surface area (Å²) in [5.41, 5.74) is 2.20. The molecule has 124 valence electrons. The van der Waals surface area contributed by atoms with Gasteiger partial charge in [0, 0.05) is 30.2 Å². The molecule has 0 amide bonds. The van der Waals surface area contributed by atoms with Gasteiger partial charge >= 0.3 is 0 Å². The Balaban J connectivity index is 1.62. The van der Waals surface area contributed by atoms with Crippen molar-refractivity contribution >= 4 is 27.0 Å². The summed E-state index contributed by atoms with van der Waals surface area (Å²) in [5, 5.41) is 0. The van der Waals surface area contributed by atoms with Crippen LogP contribution in [0.1, 0.15) is 29.7 Å². The molecule has 0 aliphatic carbocycles. The molecule has 2 heterocycles. The molecule has 1 aromatic carbocycles. The average Bonchev–Trinajstić information content (AvgIpc) is 3.02. The molecule has 4 nitrogen and oxygen atoms in total. The van der Waals surface area contributed by atoms with Gasteiger partial charge in [-0.25, -0.2) is 13.1 Å². The highest BCUT2D eigenvalue weighted by molar-refractivity contribution is 7.91. The van der Waals surface area contributed by atoms with Crippen LogP contribution < -0.4 is 9.62 Å². The summed E-state index contributed by atoms with van der Waals surface area (Å²) < 4.78 is 27.5. The highest BCUT2D eigenvalue weighted by Gasteiger charge is 2.16. The Morgan fingerprint density at radius 3 is 2.35 bits per heavy atom. The summed E-state index contributed by atoms with van der Waals surface area (Å²) in [5.74, 6) is 0. The SMILES string of the molecule is Cc1ccc(S(=O)(=O)NCc2ccc(N3CCCCC3)cc2)s1. The Morgan fingerprint density at radius 2 is 1.74 bits per heavy atom. The maximum atomic E-state index is 12.2. The number of nitrogens with zero attached hydrogens (tertiary/aromatic N) is 1. The predicted octanol–water partition coefficient (Wildman–Crippen LogP) is 3.53. The third-order valence-electron chi connectivity index (χ3n) is 4.10. The lowest BCUT2D eigenvalue weighted by molar-refractivity contribution is 0.577. The topological polar surface area (TPSA) is 49.4 Å². The van der Waals surface area contributed by atoms with E-state index >= 15 is 0 Å². The zero-order valence-electron chi connectivity index (χ0n) is 13.3. The third-order valence-corrected chi connectivity index (χ3v) is 7.00. The zero-order chi connectivity index (χ0) is 16.3. The van der Waals surface area contributed by atoms with Gasteiger partial charge in [0.05, 0.1) is 0 Å². The van der Waals surface area contributed by atoms with Crippen LogP contribution in [-0.4, -0.2) is 21.5 Å². The van der Waals surface area contributed by atoms with E-state index in [2.05, 4.69) is 21.8 Å². The molecule has 0 saturated carbocycles. The van der Waals surface area contributed by atoms with Crippen molar-refractivity contribution < 1.29 is 8.42 Å². The van der Waals surface area contributed by atoms with Crippen LogP contribution in [0, 0.1) is 6.92 Å². The molecule has 0 bridgehead atoms. The number of benzene rings is 1. The van der Waals surface area contributed by atoms with Crippen molar-refractivity contribution in [3.8, 4) is 0 Å². The van der Waals surface area contributed by atoms with Crippen LogP contribution in [0.25, 0.3) is 0 Å². The summed E-state index contributed by atoms with van der Waals surface area (Å²) in [6.07, 6.45) is 3.82. The number of nitrogens with one attached hydrogen (secondary N) is 1. The first-order chi connectivity index (χ1) is 11.0. The molecule has 1 saturated heterocycles. The summed E-state index contributed by atoms with van der Waals surface area (Å²) in [4.78, 5) is 3.39. The zero-order valence-corrected chi connectivity index (χ0v) is 14.9. The number of hydrogen-bond acceptors (Lipinski definition) is 4. The summed E-state index contributed by atoms with van der Waals surface area (Å²) in [6.45, 7) is 4.45. The minimum atomic E-state index is -3.41. The largest absolute Gasteiger partial charge is 0.372 e. The van der Waals surface area contributed by atoms with E-state index < -0.39 is 10.0 Å². The van der Waals surface area contributed by atoms with Crippen LogP contribution in [0.5, 0.6) is 0 Å². The van der Waals surface area contributed by atoms with Crippen molar-refractivity contribution in [3.05, 3.63) is 46.8 Å². The predicted molar refractivity (Wildman–Crippen MR) is 95.6 cm³/mol. The molecule has 1 aliphatic heterocycles. The van der Waals surface area contributed by atoms with Crippen molar-refractivity contribution in [3.63, 3.8) is 0 Å². The standard InChI is InChI=1S/C17H22N2O2S2/c1-14-5-10-17(22-14)23(20,21)18-13-15-6-8-16(9-7-15)19-11-3-2-4-12-19/h5-10,18H,2-4,11-13H2,1H3. The highest BCUT2D eigenvalue weighted by Crippen LogP contribution is 2.22. The van der Waals surface area contributed by atoms with Gasteiger partial charge in [-0.3, -0.25) is 0 Å². The molecule has 1 fully saturated rings. The normalized spacial score (nSPS) is 15.8. The maximum Gasteiger partial charge on any atom is 0.250 e. The number of sulfonamides is 1. The number of thiophene rings is 1. The molecule has 2 aromatic rings. The summed E-state index contributed by atoms with van der Waals surface area (Å²) in [6, 6.07) is 11.7. The molecule has 1 aromatic heterocycles. The lowest BCUT2D eigenvalue weighted by Gasteiger charge is -2.28. The minimum absolute atomic E-state index is 0.319. The Morgan fingerprint density at radius 1 is 1.04 bits per heavy atom. The number of anilines is 1. The fourth-order valence-corrected chi connectivity index (χ4v) is 5.13. The molecular formula is C17H22N2O2S2. The van der Waals surface area contributed by atoms with E-state index in [0.717, 1.165) is 23.5 Å². The summed E-state index contributed by atoms with van der Waals surface area (Å²) in [7, 11) is -3.41. The van der Waals surface area contributed by atoms with Crippen molar-refractivity contribution in [2.24, 2.45) is 0 Å². The Labute approximate surface area is 142 Å². The second-order valence-corrected chi connectivity index (χ2v) is 9.19. The van der Waals surface area contributed by atoms with Gasteiger partial charge in [0.15, 0.2) is 0 Å². The van der Waals surface area contributed by atoms with Crippen molar-refractivity contribution in [1.29, 1.82) is 0 Å². The van der Waals surface area contributed by atoms with Crippen molar-refractivity contribution in [2.75, 3.05) is 18.0 Å². The van der Waals surface area contributed by atoms with E-state index in [1.807, 2.05) is 25.1 Å².